The van der Waals surface area contributed by atoms with Gasteiger partial charge >= 0.3 is 13.6 Å². The Balaban J connectivity index is 1.98. The van der Waals surface area contributed by atoms with Gasteiger partial charge in [0.2, 0.25) is 0 Å². The molecule has 9 heteroatoms. The molecule has 0 atom stereocenters. The Morgan fingerprint density at radius 1 is 0.929 bits per heavy atom. The standard InChI is InChI=1S/C19H22Cl2NO5P/c1-2-25-19(23)11-22-14-28(24,26-12-15-3-7-17(20)8-4-15)27-13-16-5-9-18(21)10-6-16/h3-10,22H,2,11-14H2,1H3. The maximum absolute atomic E-state index is 13.1. The summed E-state index contributed by atoms with van der Waals surface area (Å²) in [5.74, 6) is -0.440. The Labute approximate surface area is 174 Å². The highest BCUT2D eigenvalue weighted by Gasteiger charge is 2.25. The van der Waals surface area contributed by atoms with E-state index >= 15 is 0 Å². The lowest BCUT2D eigenvalue weighted by atomic mass is 10.2. The summed E-state index contributed by atoms with van der Waals surface area (Å²) in [5, 5.41) is 3.97. The Kier molecular flexibility index (Phi) is 9.45. The molecule has 0 spiro atoms. The zero-order chi connectivity index (χ0) is 20.4. The van der Waals surface area contributed by atoms with Crippen molar-refractivity contribution in [2.75, 3.05) is 19.4 Å². The van der Waals surface area contributed by atoms with Gasteiger partial charge in [-0.15, -0.1) is 0 Å². The van der Waals surface area contributed by atoms with Crippen LogP contribution < -0.4 is 5.32 Å². The van der Waals surface area contributed by atoms with Gasteiger partial charge in [-0.3, -0.25) is 14.7 Å². The molecule has 152 valence electrons. The van der Waals surface area contributed by atoms with E-state index in [0.29, 0.717) is 10.0 Å². The smallest absolute Gasteiger partial charge is 0.344 e. The highest BCUT2D eigenvalue weighted by Crippen LogP contribution is 2.48. The molecule has 6 nitrogen and oxygen atoms in total. The predicted molar refractivity (Wildman–Crippen MR) is 110 cm³/mol. The lowest BCUT2D eigenvalue weighted by Crippen LogP contribution is -2.26. The van der Waals surface area contributed by atoms with Gasteiger partial charge in [0, 0.05) is 10.0 Å². The minimum Gasteiger partial charge on any atom is -0.465 e. The molecule has 0 fully saturated rings. The molecular formula is C19H22Cl2NO5P. The van der Waals surface area contributed by atoms with Crippen LogP contribution in [-0.4, -0.2) is 25.4 Å². The van der Waals surface area contributed by atoms with Gasteiger partial charge in [0.05, 0.1) is 32.7 Å². The fraction of sp³-hybridized carbons (Fsp3) is 0.316. The van der Waals surface area contributed by atoms with Crippen LogP contribution in [0.4, 0.5) is 0 Å². The van der Waals surface area contributed by atoms with E-state index in [4.69, 9.17) is 37.0 Å². The summed E-state index contributed by atoms with van der Waals surface area (Å²) < 4.78 is 29.1. The molecular weight excluding hydrogens is 424 g/mol. The highest BCUT2D eigenvalue weighted by atomic mass is 35.5. The molecule has 0 radical (unpaired) electrons. The minimum atomic E-state index is -3.53. The predicted octanol–water partition coefficient (Wildman–Crippen LogP) is 5.03. The highest BCUT2D eigenvalue weighted by molar-refractivity contribution is 7.53. The topological polar surface area (TPSA) is 73.9 Å². The monoisotopic (exact) mass is 445 g/mol. The van der Waals surface area contributed by atoms with Gasteiger partial charge in [-0.25, -0.2) is 0 Å². The van der Waals surface area contributed by atoms with Crippen LogP contribution in [0.3, 0.4) is 0 Å². The van der Waals surface area contributed by atoms with Crippen molar-refractivity contribution in [3.05, 3.63) is 69.7 Å². The van der Waals surface area contributed by atoms with E-state index in [1.54, 1.807) is 55.5 Å². The van der Waals surface area contributed by atoms with Crippen molar-refractivity contribution in [2.24, 2.45) is 0 Å². The number of hydrogen-bond acceptors (Lipinski definition) is 6. The van der Waals surface area contributed by atoms with E-state index < -0.39 is 13.6 Å². The molecule has 1 N–H and O–H groups in total. The van der Waals surface area contributed by atoms with Gasteiger partial charge in [-0.2, -0.15) is 0 Å². The van der Waals surface area contributed by atoms with Gasteiger partial charge in [-0.05, 0) is 42.3 Å². The van der Waals surface area contributed by atoms with Gasteiger partial charge < -0.3 is 13.8 Å². The average Bonchev–Trinajstić information content (AvgIpc) is 2.67. The Bertz CT molecular complexity index is 745. The fourth-order valence-corrected chi connectivity index (χ4v) is 3.73. The molecule has 2 rings (SSSR count). The van der Waals surface area contributed by atoms with Crippen molar-refractivity contribution in [1.29, 1.82) is 0 Å². The lowest BCUT2D eigenvalue weighted by Gasteiger charge is -2.19. The molecule has 0 aromatic heterocycles. The van der Waals surface area contributed by atoms with Crippen molar-refractivity contribution < 1.29 is 23.1 Å². The van der Waals surface area contributed by atoms with Crippen LogP contribution in [0, 0.1) is 0 Å². The van der Waals surface area contributed by atoms with Crippen LogP contribution in [0.5, 0.6) is 0 Å². The summed E-state index contributed by atoms with van der Waals surface area (Å²) in [7, 11) is -3.53. The van der Waals surface area contributed by atoms with E-state index in [0.717, 1.165) is 11.1 Å². The molecule has 0 heterocycles. The maximum atomic E-state index is 13.1. The second kappa shape index (κ2) is 11.6. The summed E-state index contributed by atoms with van der Waals surface area (Å²) in [6.45, 7) is 2.06. The van der Waals surface area contributed by atoms with Crippen LogP contribution in [0.2, 0.25) is 10.0 Å². The van der Waals surface area contributed by atoms with Crippen LogP contribution in [0.25, 0.3) is 0 Å². The first-order chi connectivity index (χ1) is 13.4. The van der Waals surface area contributed by atoms with Crippen molar-refractivity contribution >= 4 is 36.8 Å². The quantitative estimate of drug-likeness (QED) is 0.386. The molecule has 0 saturated heterocycles. The Hall–Kier alpha value is -1.40. The van der Waals surface area contributed by atoms with Crippen LogP contribution >= 0.6 is 30.8 Å². The SMILES string of the molecule is CCOC(=O)CNCP(=O)(OCc1ccc(Cl)cc1)OCc1ccc(Cl)cc1. The van der Waals surface area contributed by atoms with Crippen LogP contribution in [-0.2, 0) is 36.4 Å². The molecule has 2 aromatic rings. The van der Waals surface area contributed by atoms with Crippen molar-refractivity contribution in [3.8, 4) is 0 Å². The van der Waals surface area contributed by atoms with Gasteiger partial charge in [-0.1, -0.05) is 47.5 Å². The molecule has 0 aliphatic heterocycles. The van der Waals surface area contributed by atoms with E-state index in [2.05, 4.69) is 5.32 Å². The summed E-state index contributed by atoms with van der Waals surface area (Å²) in [6.07, 6.45) is -0.132. The van der Waals surface area contributed by atoms with E-state index in [9.17, 15) is 9.36 Å². The number of carbonyl (C=O) groups is 1. The third-order valence-corrected chi connectivity index (χ3v) is 5.72. The summed E-state index contributed by atoms with van der Waals surface area (Å²) in [5.41, 5.74) is 1.59. The second-order valence-electron chi connectivity index (χ2n) is 5.80. The van der Waals surface area contributed by atoms with E-state index in [1.807, 2.05) is 0 Å². The molecule has 0 bridgehead atoms. The van der Waals surface area contributed by atoms with E-state index in [-0.39, 0.29) is 32.7 Å². The first kappa shape index (κ1) is 22.9. The summed E-state index contributed by atoms with van der Waals surface area (Å²) >= 11 is 11.7. The third kappa shape index (κ3) is 8.31. The number of hydrogen-bond donors (Lipinski definition) is 1. The molecule has 28 heavy (non-hydrogen) atoms. The molecule has 0 unspecified atom stereocenters. The Morgan fingerprint density at radius 2 is 1.39 bits per heavy atom. The number of benzene rings is 2. The number of halogens is 2. The third-order valence-electron chi connectivity index (χ3n) is 3.56. The van der Waals surface area contributed by atoms with Gasteiger partial charge in [0.1, 0.15) is 0 Å². The number of nitrogens with one attached hydrogen (secondary N) is 1. The number of rotatable bonds is 11. The Morgan fingerprint density at radius 3 is 1.82 bits per heavy atom. The average molecular weight is 446 g/mol. The zero-order valence-corrected chi connectivity index (χ0v) is 17.8. The van der Waals surface area contributed by atoms with Gasteiger partial charge in [0.15, 0.2) is 0 Å². The molecule has 0 amide bonds. The molecule has 2 aromatic carbocycles. The van der Waals surface area contributed by atoms with Crippen molar-refractivity contribution in [3.63, 3.8) is 0 Å². The first-order valence-electron chi connectivity index (χ1n) is 8.63. The normalized spacial score (nSPS) is 11.4. The lowest BCUT2D eigenvalue weighted by molar-refractivity contribution is -0.141. The first-order valence-corrected chi connectivity index (χ1v) is 11.1. The van der Waals surface area contributed by atoms with E-state index in [1.165, 1.54) is 0 Å². The van der Waals surface area contributed by atoms with Crippen LogP contribution in [0.15, 0.2) is 48.5 Å². The largest absolute Gasteiger partial charge is 0.465 e. The zero-order valence-electron chi connectivity index (χ0n) is 15.4. The molecule has 0 saturated carbocycles. The fourth-order valence-electron chi connectivity index (χ4n) is 2.14. The number of esters is 1. The minimum absolute atomic E-state index is 0.0795. The van der Waals surface area contributed by atoms with Crippen molar-refractivity contribution in [1.82, 2.24) is 5.32 Å². The number of carbonyl (C=O) groups excluding carboxylic acids is 1. The second-order valence-corrected chi connectivity index (χ2v) is 8.73. The summed E-state index contributed by atoms with van der Waals surface area (Å²) in [4.78, 5) is 11.5. The summed E-state index contributed by atoms with van der Waals surface area (Å²) in [6, 6.07) is 14.0. The van der Waals surface area contributed by atoms with Crippen molar-refractivity contribution in [2.45, 2.75) is 20.1 Å². The van der Waals surface area contributed by atoms with Crippen LogP contribution in [0.1, 0.15) is 18.1 Å². The maximum Gasteiger partial charge on any atom is 0.344 e. The molecule has 0 aliphatic carbocycles. The number of ether oxygens (including phenoxy) is 1. The van der Waals surface area contributed by atoms with Gasteiger partial charge in [0.25, 0.3) is 0 Å². The molecule has 0 aliphatic rings.